The summed E-state index contributed by atoms with van der Waals surface area (Å²) in [4.78, 5) is 4.96. The van der Waals surface area contributed by atoms with Crippen LogP contribution < -0.4 is 9.80 Å². The minimum absolute atomic E-state index is 0.932. The third kappa shape index (κ3) is 4.07. The average Bonchev–Trinajstić information content (AvgIpc) is 2.63. The first-order chi connectivity index (χ1) is 11.2. The van der Waals surface area contributed by atoms with Gasteiger partial charge in [0.15, 0.2) is 0 Å². The van der Waals surface area contributed by atoms with Crippen molar-refractivity contribution in [2.24, 2.45) is 0 Å². The van der Waals surface area contributed by atoms with Crippen molar-refractivity contribution < 1.29 is 0 Å². The van der Waals surface area contributed by atoms with Crippen LogP contribution in [0.3, 0.4) is 0 Å². The van der Waals surface area contributed by atoms with Crippen LogP contribution >= 0.6 is 0 Å². The fourth-order valence-corrected chi connectivity index (χ4v) is 3.14. The van der Waals surface area contributed by atoms with E-state index in [1.165, 1.54) is 22.5 Å². The minimum Gasteiger partial charge on any atom is -0.354 e. The number of benzene rings is 2. The second kappa shape index (κ2) is 8.61. The van der Waals surface area contributed by atoms with Gasteiger partial charge in [-0.15, -0.1) is 0 Å². The van der Waals surface area contributed by atoms with Gasteiger partial charge in [0.2, 0.25) is 0 Å². The molecule has 0 aromatic heterocycles. The largest absolute Gasteiger partial charge is 0.354 e. The molecular formula is C21H30N2. The summed E-state index contributed by atoms with van der Waals surface area (Å²) in [6, 6.07) is 17.6. The lowest BCUT2D eigenvalue weighted by Gasteiger charge is -2.34. The topological polar surface area (TPSA) is 6.48 Å². The summed E-state index contributed by atoms with van der Waals surface area (Å²) >= 11 is 0. The summed E-state index contributed by atoms with van der Waals surface area (Å²) in [5.41, 5.74) is 5.58. The molecule has 0 aliphatic heterocycles. The van der Waals surface area contributed by atoms with Crippen molar-refractivity contribution in [1.82, 2.24) is 0 Å². The molecule has 0 unspecified atom stereocenters. The zero-order valence-corrected chi connectivity index (χ0v) is 15.0. The van der Waals surface area contributed by atoms with Gasteiger partial charge in [0.1, 0.15) is 0 Å². The third-order valence-electron chi connectivity index (χ3n) is 4.53. The standard InChI is InChI=1S/C21H30N2/c1-5-18-13-9-11-15-20(18)22(7-3)17-23(8-4)21-16-12-10-14-19(21)6-2/h9-16H,5-8,17H2,1-4H3. The first kappa shape index (κ1) is 17.4. The normalized spacial score (nSPS) is 10.6. The third-order valence-corrected chi connectivity index (χ3v) is 4.53. The molecule has 2 heteroatoms. The molecule has 0 aliphatic rings. The van der Waals surface area contributed by atoms with Crippen LogP contribution in [-0.2, 0) is 12.8 Å². The van der Waals surface area contributed by atoms with Gasteiger partial charge in [-0.25, -0.2) is 0 Å². The Labute approximate surface area is 141 Å². The molecule has 0 bridgehead atoms. The maximum absolute atomic E-state index is 2.48. The molecule has 2 aromatic rings. The van der Waals surface area contributed by atoms with Gasteiger partial charge in [-0.05, 0) is 49.9 Å². The predicted molar refractivity (Wildman–Crippen MR) is 103 cm³/mol. The summed E-state index contributed by atoms with van der Waals surface area (Å²) in [6.45, 7) is 11.9. The number of hydrogen-bond acceptors (Lipinski definition) is 2. The van der Waals surface area contributed by atoms with E-state index in [1.807, 2.05) is 0 Å². The smallest absolute Gasteiger partial charge is 0.0902 e. The Morgan fingerprint density at radius 2 is 1.00 bits per heavy atom. The van der Waals surface area contributed by atoms with Gasteiger partial charge in [0.25, 0.3) is 0 Å². The summed E-state index contributed by atoms with van der Waals surface area (Å²) in [5, 5.41) is 0. The molecule has 2 nitrogen and oxygen atoms in total. The van der Waals surface area contributed by atoms with Gasteiger partial charge >= 0.3 is 0 Å². The van der Waals surface area contributed by atoms with Crippen LogP contribution in [-0.4, -0.2) is 19.8 Å². The molecule has 0 spiro atoms. The van der Waals surface area contributed by atoms with Gasteiger partial charge in [-0.3, -0.25) is 0 Å². The van der Waals surface area contributed by atoms with Crippen LogP contribution in [0.4, 0.5) is 11.4 Å². The maximum Gasteiger partial charge on any atom is 0.0902 e. The molecule has 0 saturated heterocycles. The van der Waals surface area contributed by atoms with Crippen LogP contribution in [0, 0.1) is 0 Å². The monoisotopic (exact) mass is 310 g/mol. The Balaban J connectivity index is 2.28. The first-order valence-corrected chi connectivity index (χ1v) is 8.90. The lowest BCUT2D eigenvalue weighted by Crippen LogP contribution is -2.39. The van der Waals surface area contributed by atoms with Gasteiger partial charge in [0, 0.05) is 24.5 Å². The van der Waals surface area contributed by atoms with Crippen molar-refractivity contribution >= 4 is 11.4 Å². The number of rotatable bonds is 8. The zero-order valence-electron chi connectivity index (χ0n) is 15.0. The highest BCUT2D eigenvalue weighted by molar-refractivity contribution is 5.58. The molecule has 0 radical (unpaired) electrons. The molecule has 0 heterocycles. The molecule has 0 aliphatic carbocycles. The Bertz CT molecular complexity index is 553. The highest BCUT2D eigenvalue weighted by atomic mass is 15.3. The quantitative estimate of drug-likeness (QED) is 0.624. The molecule has 0 N–H and O–H groups in total. The van der Waals surface area contributed by atoms with E-state index in [9.17, 15) is 0 Å². The number of aryl methyl sites for hydroxylation is 2. The molecule has 0 saturated carbocycles. The molecule has 23 heavy (non-hydrogen) atoms. The van der Waals surface area contributed by atoms with E-state index >= 15 is 0 Å². The summed E-state index contributed by atoms with van der Waals surface area (Å²) < 4.78 is 0. The van der Waals surface area contributed by atoms with Crippen molar-refractivity contribution in [3.05, 3.63) is 59.7 Å². The van der Waals surface area contributed by atoms with Crippen molar-refractivity contribution in [1.29, 1.82) is 0 Å². The Kier molecular flexibility index (Phi) is 6.52. The van der Waals surface area contributed by atoms with Crippen molar-refractivity contribution in [2.75, 3.05) is 29.6 Å². The fraction of sp³-hybridized carbons (Fsp3) is 0.429. The average molecular weight is 310 g/mol. The first-order valence-electron chi connectivity index (χ1n) is 8.90. The molecule has 0 fully saturated rings. The van der Waals surface area contributed by atoms with E-state index in [2.05, 4.69) is 86.0 Å². The molecule has 0 atom stereocenters. The van der Waals surface area contributed by atoms with E-state index in [0.29, 0.717) is 0 Å². The zero-order chi connectivity index (χ0) is 16.7. The van der Waals surface area contributed by atoms with Crippen LogP contribution in [0.15, 0.2) is 48.5 Å². The summed E-state index contributed by atoms with van der Waals surface area (Å²) in [5.74, 6) is 0. The predicted octanol–water partition coefficient (Wildman–Crippen LogP) is 5.12. The molecule has 2 aromatic carbocycles. The Morgan fingerprint density at radius 1 is 0.609 bits per heavy atom. The van der Waals surface area contributed by atoms with E-state index in [-0.39, 0.29) is 0 Å². The van der Waals surface area contributed by atoms with Crippen LogP contribution in [0.2, 0.25) is 0 Å². The van der Waals surface area contributed by atoms with Crippen molar-refractivity contribution in [2.45, 2.75) is 40.5 Å². The second-order valence-electron chi connectivity index (χ2n) is 5.82. The highest BCUT2D eigenvalue weighted by Gasteiger charge is 2.14. The Hall–Kier alpha value is -1.96. The van der Waals surface area contributed by atoms with Gasteiger partial charge in [0.05, 0.1) is 6.67 Å². The van der Waals surface area contributed by atoms with E-state index in [4.69, 9.17) is 0 Å². The number of hydrogen-bond donors (Lipinski definition) is 0. The Morgan fingerprint density at radius 3 is 1.35 bits per heavy atom. The molecule has 0 amide bonds. The lowest BCUT2D eigenvalue weighted by molar-refractivity contribution is 0.746. The number of anilines is 2. The van der Waals surface area contributed by atoms with Gasteiger partial charge < -0.3 is 9.80 Å². The number of nitrogens with zero attached hydrogens (tertiary/aromatic N) is 2. The van der Waals surface area contributed by atoms with Crippen LogP contribution in [0.1, 0.15) is 38.8 Å². The molecule has 2 rings (SSSR count). The molecular weight excluding hydrogens is 280 g/mol. The SMILES string of the molecule is CCc1ccccc1N(CC)CN(CC)c1ccccc1CC. The summed E-state index contributed by atoms with van der Waals surface area (Å²) in [6.07, 6.45) is 2.15. The van der Waals surface area contributed by atoms with Gasteiger partial charge in [-0.1, -0.05) is 50.2 Å². The van der Waals surface area contributed by atoms with Crippen molar-refractivity contribution in [3.8, 4) is 0 Å². The highest BCUT2D eigenvalue weighted by Crippen LogP contribution is 2.25. The minimum atomic E-state index is 0.932. The van der Waals surface area contributed by atoms with Crippen LogP contribution in [0.25, 0.3) is 0 Å². The lowest BCUT2D eigenvalue weighted by atomic mass is 10.1. The van der Waals surface area contributed by atoms with Crippen LogP contribution in [0.5, 0.6) is 0 Å². The van der Waals surface area contributed by atoms with E-state index < -0.39 is 0 Å². The number of para-hydroxylation sites is 2. The summed E-state index contributed by atoms with van der Waals surface area (Å²) in [7, 11) is 0. The second-order valence-corrected chi connectivity index (χ2v) is 5.82. The van der Waals surface area contributed by atoms with Gasteiger partial charge in [-0.2, -0.15) is 0 Å². The van der Waals surface area contributed by atoms with E-state index in [0.717, 1.165) is 32.6 Å². The van der Waals surface area contributed by atoms with E-state index in [1.54, 1.807) is 0 Å². The fourth-order valence-electron chi connectivity index (χ4n) is 3.14. The van der Waals surface area contributed by atoms with Crippen molar-refractivity contribution in [3.63, 3.8) is 0 Å². The maximum atomic E-state index is 2.48. The molecule has 124 valence electrons.